The molecule has 170 valence electrons. The van der Waals surface area contributed by atoms with Crippen LogP contribution >= 0.6 is 11.6 Å². The van der Waals surface area contributed by atoms with E-state index in [0.29, 0.717) is 24.3 Å². The molecule has 0 amide bonds. The van der Waals surface area contributed by atoms with E-state index in [2.05, 4.69) is 10.2 Å². The third kappa shape index (κ3) is 5.25. The van der Waals surface area contributed by atoms with E-state index in [0.717, 1.165) is 54.8 Å². The summed E-state index contributed by atoms with van der Waals surface area (Å²) in [6.07, 6.45) is 2.00. The van der Waals surface area contributed by atoms with Gasteiger partial charge in [0.1, 0.15) is 5.82 Å². The SMILES string of the molecule is CCOc1cc(CN2CCC(Nc3ccc4cccc(Cl)c4n3)CC2)cc(OCC)c1F. The van der Waals surface area contributed by atoms with Crippen LogP contribution in [0.5, 0.6) is 11.5 Å². The largest absolute Gasteiger partial charge is 0.491 e. The molecule has 1 fully saturated rings. The van der Waals surface area contributed by atoms with Gasteiger partial charge in [0.15, 0.2) is 11.5 Å². The summed E-state index contributed by atoms with van der Waals surface area (Å²) in [5, 5.41) is 5.26. The lowest BCUT2D eigenvalue weighted by Gasteiger charge is -2.32. The lowest BCUT2D eigenvalue weighted by molar-refractivity contribution is 0.210. The Hall–Kier alpha value is -2.57. The highest BCUT2D eigenvalue weighted by Gasteiger charge is 2.21. The van der Waals surface area contributed by atoms with Crippen LogP contribution in [0.1, 0.15) is 32.3 Å². The highest BCUT2D eigenvalue weighted by molar-refractivity contribution is 6.35. The number of nitrogens with zero attached hydrogens (tertiary/aromatic N) is 2. The Balaban J connectivity index is 1.37. The first-order valence-electron chi connectivity index (χ1n) is 11.2. The fourth-order valence-electron chi connectivity index (χ4n) is 4.13. The lowest BCUT2D eigenvalue weighted by Crippen LogP contribution is -2.38. The van der Waals surface area contributed by atoms with Gasteiger partial charge < -0.3 is 14.8 Å². The molecular formula is C25H29ClFN3O2. The molecule has 32 heavy (non-hydrogen) atoms. The van der Waals surface area contributed by atoms with E-state index in [1.807, 2.05) is 44.2 Å². The summed E-state index contributed by atoms with van der Waals surface area (Å²) in [4.78, 5) is 7.07. The smallest absolute Gasteiger partial charge is 0.206 e. The van der Waals surface area contributed by atoms with Crippen LogP contribution in [0.4, 0.5) is 10.2 Å². The van der Waals surface area contributed by atoms with Crippen molar-refractivity contribution < 1.29 is 13.9 Å². The minimum absolute atomic E-state index is 0.256. The standard InChI is InChI=1S/C25H29ClFN3O2/c1-3-31-21-14-17(15-22(24(21)27)32-4-2)16-30-12-10-19(11-13-30)28-23-9-8-18-6-5-7-20(26)25(18)29-23/h5-9,14-15,19H,3-4,10-13,16H2,1-2H3,(H,28,29). The van der Waals surface area contributed by atoms with Gasteiger partial charge in [-0.1, -0.05) is 23.7 Å². The number of nitrogens with one attached hydrogen (secondary N) is 1. The van der Waals surface area contributed by atoms with Crippen LogP contribution in [0.2, 0.25) is 5.02 Å². The fourth-order valence-corrected chi connectivity index (χ4v) is 4.36. The molecule has 0 spiro atoms. The van der Waals surface area contributed by atoms with Gasteiger partial charge >= 0.3 is 0 Å². The van der Waals surface area contributed by atoms with Crippen molar-refractivity contribution in [3.05, 3.63) is 58.9 Å². The summed E-state index contributed by atoms with van der Waals surface area (Å²) in [6, 6.07) is 13.8. The zero-order valence-corrected chi connectivity index (χ0v) is 19.3. The molecule has 3 aromatic rings. The molecule has 0 bridgehead atoms. The van der Waals surface area contributed by atoms with E-state index in [9.17, 15) is 4.39 Å². The van der Waals surface area contributed by atoms with Crippen LogP contribution in [-0.4, -0.2) is 42.2 Å². The summed E-state index contributed by atoms with van der Waals surface area (Å²) in [6.45, 7) is 7.14. The molecule has 5 nitrogen and oxygen atoms in total. The zero-order chi connectivity index (χ0) is 22.5. The summed E-state index contributed by atoms with van der Waals surface area (Å²) >= 11 is 6.30. The first-order chi connectivity index (χ1) is 15.6. The second kappa shape index (κ2) is 10.4. The number of piperidine rings is 1. The topological polar surface area (TPSA) is 46.6 Å². The maximum atomic E-state index is 14.5. The van der Waals surface area contributed by atoms with Crippen molar-refractivity contribution in [3.8, 4) is 11.5 Å². The Morgan fingerprint density at radius 3 is 2.41 bits per heavy atom. The molecule has 4 rings (SSSR count). The zero-order valence-electron chi connectivity index (χ0n) is 18.5. The quantitative estimate of drug-likeness (QED) is 0.456. The van der Waals surface area contributed by atoms with Gasteiger partial charge in [0, 0.05) is 31.1 Å². The van der Waals surface area contributed by atoms with E-state index in [1.54, 1.807) is 12.1 Å². The van der Waals surface area contributed by atoms with Gasteiger partial charge in [-0.2, -0.15) is 4.39 Å². The van der Waals surface area contributed by atoms with E-state index >= 15 is 0 Å². The molecule has 1 aromatic heterocycles. The Morgan fingerprint density at radius 2 is 1.75 bits per heavy atom. The first-order valence-corrected chi connectivity index (χ1v) is 11.6. The average Bonchev–Trinajstić information content (AvgIpc) is 2.79. The predicted octanol–water partition coefficient (Wildman–Crippen LogP) is 5.90. The van der Waals surface area contributed by atoms with Gasteiger partial charge in [-0.25, -0.2) is 4.98 Å². The molecule has 0 saturated carbocycles. The van der Waals surface area contributed by atoms with Crippen LogP contribution in [0, 0.1) is 5.82 Å². The number of para-hydroxylation sites is 1. The first kappa shape index (κ1) is 22.6. The molecule has 0 aliphatic carbocycles. The van der Waals surface area contributed by atoms with Crippen LogP contribution in [0.15, 0.2) is 42.5 Å². The normalized spacial score (nSPS) is 15.1. The number of halogens is 2. The lowest BCUT2D eigenvalue weighted by atomic mass is 10.0. The van der Waals surface area contributed by atoms with Gasteiger partial charge in [0.05, 0.1) is 23.8 Å². The molecule has 1 saturated heterocycles. The molecule has 7 heteroatoms. The van der Waals surface area contributed by atoms with Crippen LogP contribution in [0.3, 0.4) is 0 Å². The van der Waals surface area contributed by atoms with Crippen molar-refractivity contribution in [2.24, 2.45) is 0 Å². The van der Waals surface area contributed by atoms with Crippen LogP contribution in [0.25, 0.3) is 10.9 Å². The fraction of sp³-hybridized carbons (Fsp3) is 0.400. The van der Waals surface area contributed by atoms with Crippen molar-refractivity contribution in [3.63, 3.8) is 0 Å². The molecule has 2 heterocycles. The number of ether oxygens (including phenoxy) is 2. The Bertz CT molecular complexity index is 1040. The van der Waals surface area contributed by atoms with Crippen LogP contribution in [-0.2, 0) is 6.54 Å². The minimum Gasteiger partial charge on any atom is -0.491 e. The third-order valence-electron chi connectivity index (χ3n) is 5.68. The summed E-state index contributed by atoms with van der Waals surface area (Å²) < 4.78 is 25.5. The van der Waals surface area contributed by atoms with Crippen molar-refractivity contribution in [1.82, 2.24) is 9.88 Å². The highest BCUT2D eigenvalue weighted by Crippen LogP contribution is 2.30. The summed E-state index contributed by atoms with van der Waals surface area (Å²) in [7, 11) is 0. The highest BCUT2D eigenvalue weighted by atomic mass is 35.5. The van der Waals surface area contributed by atoms with Crippen molar-refractivity contribution in [2.45, 2.75) is 39.3 Å². The Morgan fingerprint density at radius 1 is 1.06 bits per heavy atom. The Labute approximate surface area is 193 Å². The van der Waals surface area contributed by atoms with E-state index in [1.165, 1.54) is 0 Å². The maximum Gasteiger partial charge on any atom is 0.206 e. The average molecular weight is 458 g/mol. The molecule has 1 N–H and O–H groups in total. The molecule has 2 aromatic carbocycles. The van der Waals surface area contributed by atoms with Gasteiger partial charge in [0.25, 0.3) is 0 Å². The van der Waals surface area contributed by atoms with Crippen molar-refractivity contribution >= 4 is 28.3 Å². The van der Waals surface area contributed by atoms with Gasteiger partial charge in [-0.15, -0.1) is 0 Å². The van der Waals surface area contributed by atoms with Crippen LogP contribution < -0.4 is 14.8 Å². The predicted molar refractivity (Wildman–Crippen MR) is 127 cm³/mol. The maximum absolute atomic E-state index is 14.5. The van der Waals surface area contributed by atoms with Crippen molar-refractivity contribution in [2.75, 3.05) is 31.6 Å². The second-order valence-electron chi connectivity index (χ2n) is 7.97. The Kier molecular flexibility index (Phi) is 7.33. The van der Waals surface area contributed by atoms with Gasteiger partial charge in [0.2, 0.25) is 5.82 Å². The number of hydrogen-bond acceptors (Lipinski definition) is 5. The number of benzene rings is 2. The van der Waals surface area contributed by atoms with Crippen molar-refractivity contribution in [1.29, 1.82) is 0 Å². The van der Waals surface area contributed by atoms with E-state index in [-0.39, 0.29) is 11.5 Å². The van der Waals surface area contributed by atoms with Gasteiger partial charge in [-0.05, 0) is 62.6 Å². The molecular weight excluding hydrogens is 429 g/mol. The summed E-state index contributed by atoms with van der Waals surface area (Å²) in [5.41, 5.74) is 1.82. The third-order valence-corrected chi connectivity index (χ3v) is 5.99. The number of hydrogen-bond donors (Lipinski definition) is 1. The number of anilines is 1. The number of pyridine rings is 1. The monoisotopic (exact) mass is 457 g/mol. The van der Waals surface area contributed by atoms with E-state index < -0.39 is 5.82 Å². The molecule has 0 atom stereocenters. The second-order valence-corrected chi connectivity index (χ2v) is 8.38. The minimum atomic E-state index is -0.427. The summed E-state index contributed by atoms with van der Waals surface area (Å²) in [5.74, 6) is 0.936. The van der Waals surface area contributed by atoms with Gasteiger partial charge in [-0.3, -0.25) is 4.90 Å². The number of fused-ring (bicyclic) bond motifs is 1. The molecule has 0 unspecified atom stereocenters. The number of likely N-dealkylation sites (tertiary alicyclic amines) is 1. The number of aromatic nitrogens is 1. The molecule has 1 aliphatic heterocycles. The molecule has 0 radical (unpaired) electrons. The van der Waals surface area contributed by atoms with E-state index in [4.69, 9.17) is 26.1 Å². The number of rotatable bonds is 8. The molecule has 1 aliphatic rings.